The molecule has 0 spiro atoms. The zero-order valence-corrected chi connectivity index (χ0v) is 5.67. The minimum absolute atomic E-state index is 0.0752. The fraction of sp³-hybridized carbons (Fsp3) is 1.00. The molecule has 3 nitrogen and oxygen atoms in total. The van der Waals surface area contributed by atoms with Crippen LogP contribution in [0.3, 0.4) is 0 Å². The van der Waals surface area contributed by atoms with E-state index in [4.69, 9.17) is 5.73 Å². The maximum Gasteiger partial charge on any atom is 0.0741 e. The molecule has 4 N–H and O–H groups in total. The lowest BCUT2D eigenvalue weighted by Gasteiger charge is -2.30. The van der Waals surface area contributed by atoms with Crippen molar-refractivity contribution in [2.45, 2.75) is 19.1 Å². The summed E-state index contributed by atoms with van der Waals surface area (Å²) >= 11 is 0. The van der Waals surface area contributed by atoms with Crippen molar-refractivity contribution in [3.05, 3.63) is 0 Å². The second-order valence-corrected chi connectivity index (χ2v) is 2.79. The van der Waals surface area contributed by atoms with Crippen LogP contribution in [0.15, 0.2) is 0 Å². The Labute approximate surface area is 55.2 Å². The molecule has 0 radical (unpaired) electrons. The minimum atomic E-state index is -0.314. The number of piperidine rings is 1. The molecule has 0 aromatic rings. The van der Waals surface area contributed by atoms with Gasteiger partial charge in [-0.2, -0.15) is 0 Å². The van der Waals surface area contributed by atoms with Gasteiger partial charge in [0.15, 0.2) is 0 Å². The molecule has 1 aliphatic heterocycles. The fourth-order valence-electron chi connectivity index (χ4n) is 1.14. The number of aliphatic hydroxyl groups is 1. The predicted molar refractivity (Wildman–Crippen MR) is 36.0 cm³/mol. The number of nitrogens with one attached hydrogen (secondary N) is 1. The third-order valence-corrected chi connectivity index (χ3v) is 1.87. The lowest BCUT2D eigenvalue weighted by Crippen LogP contribution is -2.53. The predicted octanol–water partition coefficient (Wildman–Crippen LogP) is -1.09. The minimum Gasteiger partial charge on any atom is -0.391 e. The van der Waals surface area contributed by atoms with Crippen LogP contribution in [0.2, 0.25) is 0 Å². The van der Waals surface area contributed by atoms with E-state index in [0.29, 0.717) is 5.92 Å². The molecule has 0 unspecified atom stereocenters. The molecule has 0 saturated carbocycles. The lowest BCUT2D eigenvalue weighted by atomic mass is 9.95. The standard InChI is InChI=1S/C6H14N2O/c1-4-2-8-3-5(7)6(4)9/h4-6,8-9H,2-3,7H2,1H3/t4-,5+,6-/m0/s1. The van der Waals surface area contributed by atoms with E-state index >= 15 is 0 Å². The number of hydrogen-bond acceptors (Lipinski definition) is 3. The van der Waals surface area contributed by atoms with Gasteiger partial charge in [0.25, 0.3) is 0 Å². The van der Waals surface area contributed by atoms with Crippen LogP contribution >= 0.6 is 0 Å². The molecule has 1 aliphatic rings. The first-order valence-electron chi connectivity index (χ1n) is 3.36. The zero-order valence-electron chi connectivity index (χ0n) is 5.67. The van der Waals surface area contributed by atoms with Gasteiger partial charge in [-0.05, 0) is 5.92 Å². The van der Waals surface area contributed by atoms with Gasteiger partial charge < -0.3 is 16.2 Å². The third kappa shape index (κ3) is 1.41. The van der Waals surface area contributed by atoms with Gasteiger partial charge in [-0.25, -0.2) is 0 Å². The third-order valence-electron chi connectivity index (χ3n) is 1.87. The number of aliphatic hydroxyl groups excluding tert-OH is 1. The van der Waals surface area contributed by atoms with E-state index in [1.807, 2.05) is 6.92 Å². The van der Waals surface area contributed by atoms with Gasteiger partial charge >= 0.3 is 0 Å². The molecule has 0 aromatic carbocycles. The average molecular weight is 130 g/mol. The van der Waals surface area contributed by atoms with Crippen molar-refractivity contribution in [1.29, 1.82) is 0 Å². The number of nitrogens with two attached hydrogens (primary N) is 1. The van der Waals surface area contributed by atoms with Crippen LogP contribution in [0.4, 0.5) is 0 Å². The summed E-state index contributed by atoms with van der Waals surface area (Å²) in [5.41, 5.74) is 5.56. The Morgan fingerprint density at radius 3 is 2.67 bits per heavy atom. The van der Waals surface area contributed by atoms with Crippen molar-refractivity contribution in [3.8, 4) is 0 Å². The molecule has 0 aliphatic carbocycles. The summed E-state index contributed by atoms with van der Waals surface area (Å²) in [6.07, 6.45) is -0.314. The highest BCUT2D eigenvalue weighted by molar-refractivity contribution is 4.84. The topological polar surface area (TPSA) is 58.3 Å². The van der Waals surface area contributed by atoms with Crippen molar-refractivity contribution in [2.24, 2.45) is 11.7 Å². The Morgan fingerprint density at radius 2 is 2.22 bits per heavy atom. The van der Waals surface area contributed by atoms with Gasteiger partial charge in [-0.15, -0.1) is 0 Å². The van der Waals surface area contributed by atoms with Crippen LogP contribution in [-0.4, -0.2) is 30.3 Å². The number of hydrogen-bond donors (Lipinski definition) is 3. The van der Waals surface area contributed by atoms with Crippen molar-refractivity contribution < 1.29 is 5.11 Å². The Morgan fingerprint density at radius 1 is 1.56 bits per heavy atom. The summed E-state index contributed by atoms with van der Waals surface area (Å²) in [5.74, 6) is 0.300. The molecule has 0 bridgehead atoms. The first-order chi connectivity index (χ1) is 4.22. The molecule has 1 rings (SSSR count). The molecule has 1 fully saturated rings. The van der Waals surface area contributed by atoms with Crippen LogP contribution in [0.5, 0.6) is 0 Å². The van der Waals surface area contributed by atoms with E-state index in [-0.39, 0.29) is 12.1 Å². The summed E-state index contributed by atoms with van der Waals surface area (Å²) in [4.78, 5) is 0. The highest BCUT2D eigenvalue weighted by Crippen LogP contribution is 2.08. The van der Waals surface area contributed by atoms with E-state index in [9.17, 15) is 5.11 Å². The monoisotopic (exact) mass is 130 g/mol. The van der Waals surface area contributed by atoms with Gasteiger partial charge in [0.2, 0.25) is 0 Å². The molecule has 1 saturated heterocycles. The van der Waals surface area contributed by atoms with Crippen molar-refractivity contribution >= 4 is 0 Å². The maximum absolute atomic E-state index is 9.28. The fourth-order valence-corrected chi connectivity index (χ4v) is 1.14. The van der Waals surface area contributed by atoms with E-state index in [1.54, 1.807) is 0 Å². The van der Waals surface area contributed by atoms with Gasteiger partial charge in [-0.1, -0.05) is 6.92 Å². The Kier molecular flexibility index (Phi) is 2.05. The van der Waals surface area contributed by atoms with Crippen molar-refractivity contribution in [3.63, 3.8) is 0 Å². The van der Waals surface area contributed by atoms with Crippen LogP contribution in [0.1, 0.15) is 6.92 Å². The maximum atomic E-state index is 9.28. The zero-order chi connectivity index (χ0) is 6.85. The van der Waals surface area contributed by atoms with Crippen molar-refractivity contribution in [1.82, 2.24) is 5.32 Å². The van der Waals surface area contributed by atoms with Gasteiger partial charge in [-0.3, -0.25) is 0 Å². The summed E-state index contributed by atoms with van der Waals surface area (Å²) in [5, 5.41) is 12.4. The van der Waals surface area contributed by atoms with E-state index in [1.165, 1.54) is 0 Å². The lowest BCUT2D eigenvalue weighted by molar-refractivity contribution is 0.0694. The molecule has 3 heteroatoms. The first kappa shape index (κ1) is 6.99. The molecular weight excluding hydrogens is 116 g/mol. The van der Waals surface area contributed by atoms with Crippen LogP contribution < -0.4 is 11.1 Å². The summed E-state index contributed by atoms with van der Waals surface area (Å²) in [6.45, 7) is 3.62. The van der Waals surface area contributed by atoms with Crippen LogP contribution in [0, 0.1) is 5.92 Å². The van der Waals surface area contributed by atoms with Gasteiger partial charge in [0, 0.05) is 19.1 Å². The van der Waals surface area contributed by atoms with E-state index in [2.05, 4.69) is 5.32 Å². The molecule has 0 amide bonds. The quantitative estimate of drug-likeness (QED) is 0.390. The summed E-state index contributed by atoms with van der Waals surface area (Å²) in [6, 6.07) is -0.0752. The molecule has 3 atom stereocenters. The second-order valence-electron chi connectivity index (χ2n) is 2.79. The van der Waals surface area contributed by atoms with Crippen LogP contribution in [0.25, 0.3) is 0 Å². The Balaban J connectivity index is 2.41. The first-order valence-corrected chi connectivity index (χ1v) is 3.36. The second kappa shape index (κ2) is 2.64. The Hall–Kier alpha value is -0.120. The van der Waals surface area contributed by atoms with E-state index in [0.717, 1.165) is 13.1 Å². The summed E-state index contributed by atoms with van der Waals surface area (Å²) in [7, 11) is 0. The summed E-state index contributed by atoms with van der Waals surface area (Å²) < 4.78 is 0. The highest BCUT2D eigenvalue weighted by Gasteiger charge is 2.25. The molecule has 54 valence electrons. The smallest absolute Gasteiger partial charge is 0.0741 e. The van der Waals surface area contributed by atoms with Gasteiger partial charge in [0.1, 0.15) is 0 Å². The van der Waals surface area contributed by atoms with E-state index < -0.39 is 0 Å². The largest absolute Gasteiger partial charge is 0.391 e. The van der Waals surface area contributed by atoms with Crippen LogP contribution in [-0.2, 0) is 0 Å². The normalized spacial score (nSPS) is 45.0. The highest BCUT2D eigenvalue weighted by atomic mass is 16.3. The SMILES string of the molecule is C[C@H]1CNC[C@@H](N)[C@H]1O. The molecule has 1 heterocycles. The molecule has 0 aromatic heterocycles. The molecular formula is C6H14N2O. The number of rotatable bonds is 0. The Bertz CT molecular complexity index is 87.1. The average Bonchev–Trinajstić information content (AvgIpc) is 1.83. The van der Waals surface area contributed by atoms with Gasteiger partial charge in [0.05, 0.1) is 6.10 Å². The van der Waals surface area contributed by atoms with Crippen molar-refractivity contribution in [2.75, 3.05) is 13.1 Å². The molecule has 9 heavy (non-hydrogen) atoms.